The van der Waals surface area contributed by atoms with Crippen molar-refractivity contribution in [1.82, 2.24) is 0 Å². The number of benzene rings is 3. The van der Waals surface area contributed by atoms with Crippen LogP contribution in [-0.2, 0) is 0 Å². The van der Waals surface area contributed by atoms with Gasteiger partial charge in [0.2, 0.25) is 0 Å². The normalized spacial score (nSPS) is 11.3. The average Bonchev–Trinajstić information content (AvgIpc) is 2.56. The first-order valence-corrected chi connectivity index (χ1v) is 9.36. The standard InChI is InChI=1S/C19H19NP/c1-21(16-10-4-2-5-11-16,17-12-6-3-7-13-17)19-15-9-8-14-18(19)20/h2-15H,20H2,1H3/q+1/p+1. The van der Waals surface area contributed by atoms with E-state index in [0.717, 1.165) is 5.69 Å². The van der Waals surface area contributed by atoms with E-state index in [0.29, 0.717) is 0 Å². The fraction of sp³-hybridized carbons (Fsp3) is 0.0526. The number of quaternary nitrogens is 1. The zero-order valence-electron chi connectivity index (χ0n) is 12.2. The molecule has 0 aromatic heterocycles. The highest BCUT2D eigenvalue weighted by Gasteiger charge is 2.42. The minimum absolute atomic E-state index is 1.13. The second-order valence-electron chi connectivity index (χ2n) is 5.31. The third-order valence-electron chi connectivity index (χ3n) is 4.02. The molecule has 0 aliphatic heterocycles. The maximum atomic E-state index is 4.27. The van der Waals surface area contributed by atoms with Crippen LogP contribution in [0.4, 0.5) is 5.69 Å². The minimum atomic E-state index is -1.63. The molecule has 0 aliphatic carbocycles. The van der Waals surface area contributed by atoms with E-state index in [9.17, 15) is 0 Å². The van der Waals surface area contributed by atoms with Crippen molar-refractivity contribution in [2.24, 2.45) is 0 Å². The minimum Gasteiger partial charge on any atom is -0.322 e. The topological polar surface area (TPSA) is 27.6 Å². The number of hydrogen-bond donors (Lipinski definition) is 1. The second kappa shape index (κ2) is 5.81. The van der Waals surface area contributed by atoms with Crippen LogP contribution in [-0.4, -0.2) is 6.66 Å². The van der Waals surface area contributed by atoms with Crippen LogP contribution in [0, 0.1) is 0 Å². The molecule has 3 aromatic rings. The maximum Gasteiger partial charge on any atom is 0.171 e. The molecule has 0 bridgehead atoms. The van der Waals surface area contributed by atoms with Gasteiger partial charge in [0.1, 0.15) is 17.9 Å². The quantitative estimate of drug-likeness (QED) is 0.719. The predicted molar refractivity (Wildman–Crippen MR) is 93.6 cm³/mol. The van der Waals surface area contributed by atoms with Crippen LogP contribution in [0.2, 0.25) is 0 Å². The van der Waals surface area contributed by atoms with Crippen LogP contribution < -0.4 is 21.6 Å². The Balaban J connectivity index is 2.29. The van der Waals surface area contributed by atoms with E-state index in [1.807, 2.05) is 0 Å². The fourth-order valence-electron chi connectivity index (χ4n) is 2.83. The van der Waals surface area contributed by atoms with Gasteiger partial charge in [0.05, 0.1) is 6.66 Å². The Labute approximate surface area is 126 Å². The summed E-state index contributed by atoms with van der Waals surface area (Å²) in [5, 5.41) is 4.15. The van der Waals surface area contributed by atoms with E-state index in [4.69, 9.17) is 0 Å². The first kappa shape index (κ1) is 14.0. The predicted octanol–water partition coefficient (Wildman–Crippen LogP) is 2.48. The third kappa shape index (κ3) is 2.51. The van der Waals surface area contributed by atoms with Gasteiger partial charge in [0.15, 0.2) is 11.0 Å². The summed E-state index contributed by atoms with van der Waals surface area (Å²) in [5.41, 5.74) is 5.39. The summed E-state index contributed by atoms with van der Waals surface area (Å²) in [6.45, 7) is 2.39. The zero-order valence-corrected chi connectivity index (χ0v) is 13.1. The summed E-state index contributed by atoms with van der Waals surface area (Å²) in [7, 11) is -1.63. The highest BCUT2D eigenvalue weighted by Crippen LogP contribution is 2.52. The van der Waals surface area contributed by atoms with Crippen LogP contribution in [0.1, 0.15) is 0 Å². The SMILES string of the molecule is C[P+](c1ccccc1)(c1ccccc1)c1ccccc1[NH3+]. The van der Waals surface area contributed by atoms with Crippen LogP contribution >= 0.6 is 7.26 Å². The molecule has 0 saturated carbocycles. The molecule has 0 amide bonds. The Morgan fingerprint density at radius 2 is 1.05 bits per heavy atom. The highest BCUT2D eigenvalue weighted by atomic mass is 31.2. The highest BCUT2D eigenvalue weighted by molar-refractivity contribution is 7.95. The summed E-state index contributed by atoms with van der Waals surface area (Å²) in [6.07, 6.45) is 0. The summed E-state index contributed by atoms with van der Waals surface area (Å²) in [6, 6.07) is 30.2. The van der Waals surface area contributed by atoms with Gasteiger partial charge in [0.25, 0.3) is 0 Å². The van der Waals surface area contributed by atoms with Gasteiger partial charge >= 0.3 is 0 Å². The van der Waals surface area contributed by atoms with E-state index in [-0.39, 0.29) is 0 Å². The molecule has 3 aromatic carbocycles. The van der Waals surface area contributed by atoms with Crippen LogP contribution in [0.3, 0.4) is 0 Å². The van der Waals surface area contributed by atoms with Gasteiger partial charge in [-0.1, -0.05) is 48.5 Å². The molecule has 0 heterocycles. The van der Waals surface area contributed by atoms with Gasteiger partial charge in [0, 0.05) is 6.07 Å². The van der Waals surface area contributed by atoms with Gasteiger partial charge in [-0.05, 0) is 30.3 Å². The Morgan fingerprint density at radius 3 is 1.52 bits per heavy atom. The summed E-state index contributed by atoms with van der Waals surface area (Å²) >= 11 is 0. The first-order chi connectivity index (χ1) is 10.2. The number of rotatable bonds is 3. The van der Waals surface area contributed by atoms with E-state index in [2.05, 4.69) is 97.3 Å². The molecule has 0 unspecified atom stereocenters. The molecule has 2 heteroatoms. The molecule has 104 valence electrons. The lowest BCUT2D eigenvalue weighted by Gasteiger charge is -2.23. The Kier molecular flexibility index (Phi) is 3.88. The summed E-state index contributed by atoms with van der Waals surface area (Å²) in [4.78, 5) is 0. The maximum absolute atomic E-state index is 4.27. The van der Waals surface area contributed by atoms with Crippen molar-refractivity contribution in [3.8, 4) is 0 Å². The number of hydrogen-bond acceptors (Lipinski definition) is 0. The molecular weight excluding hydrogens is 273 g/mol. The molecule has 0 radical (unpaired) electrons. The molecular formula is C19H20NP+2. The molecule has 0 spiro atoms. The lowest BCUT2D eigenvalue weighted by molar-refractivity contribution is -0.253. The van der Waals surface area contributed by atoms with Crippen molar-refractivity contribution >= 4 is 28.9 Å². The van der Waals surface area contributed by atoms with Gasteiger partial charge in [-0.2, -0.15) is 0 Å². The fourth-order valence-corrected chi connectivity index (χ4v) is 6.25. The monoisotopic (exact) mass is 293 g/mol. The average molecular weight is 293 g/mol. The van der Waals surface area contributed by atoms with Crippen LogP contribution in [0.15, 0.2) is 84.9 Å². The molecule has 1 nitrogen and oxygen atoms in total. The lowest BCUT2D eigenvalue weighted by atomic mass is 10.3. The van der Waals surface area contributed by atoms with E-state index in [1.54, 1.807) is 0 Å². The molecule has 0 saturated heterocycles. The van der Waals surface area contributed by atoms with Gasteiger partial charge in [-0.3, -0.25) is 0 Å². The van der Waals surface area contributed by atoms with Gasteiger partial charge in [-0.25, -0.2) is 0 Å². The van der Waals surface area contributed by atoms with E-state index >= 15 is 0 Å². The van der Waals surface area contributed by atoms with Crippen LogP contribution in [0.25, 0.3) is 0 Å². The molecule has 21 heavy (non-hydrogen) atoms. The molecule has 3 rings (SSSR count). The Morgan fingerprint density at radius 1 is 0.619 bits per heavy atom. The second-order valence-corrected chi connectivity index (χ2v) is 8.83. The summed E-state index contributed by atoms with van der Waals surface area (Å²) < 4.78 is 0. The van der Waals surface area contributed by atoms with E-state index < -0.39 is 7.26 Å². The Bertz CT molecular complexity index is 683. The molecule has 0 atom stereocenters. The van der Waals surface area contributed by atoms with Gasteiger partial charge < -0.3 is 5.73 Å². The van der Waals surface area contributed by atoms with Crippen molar-refractivity contribution in [2.75, 3.05) is 6.66 Å². The largest absolute Gasteiger partial charge is 0.322 e. The van der Waals surface area contributed by atoms with E-state index in [1.165, 1.54) is 15.9 Å². The molecule has 0 aliphatic rings. The van der Waals surface area contributed by atoms with Crippen molar-refractivity contribution in [2.45, 2.75) is 0 Å². The smallest absolute Gasteiger partial charge is 0.171 e. The van der Waals surface area contributed by atoms with Crippen molar-refractivity contribution in [1.29, 1.82) is 0 Å². The van der Waals surface area contributed by atoms with Crippen LogP contribution in [0.5, 0.6) is 0 Å². The van der Waals surface area contributed by atoms with Gasteiger partial charge in [-0.15, -0.1) is 0 Å². The van der Waals surface area contributed by atoms with Crippen molar-refractivity contribution in [3.63, 3.8) is 0 Å². The zero-order chi connectivity index (χ0) is 14.7. The van der Waals surface area contributed by atoms with Crippen molar-refractivity contribution in [3.05, 3.63) is 84.9 Å². The van der Waals surface area contributed by atoms with Crippen molar-refractivity contribution < 1.29 is 5.73 Å². The lowest BCUT2D eigenvalue weighted by Crippen LogP contribution is -2.47. The Hall–Kier alpha value is -1.95. The first-order valence-electron chi connectivity index (χ1n) is 7.12. The molecule has 3 N–H and O–H groups in total. The molecule has 0 fully saturated rings. The third-order valence-corrected chi connectivity index (χ3v) is 8.08. The summed E-state index contributed by atoms with van der Waals surface area (Å²) in [5.74, 6) is 0.